The van der Waals surface area contributed by atoms with E-state index in [-0.39, 0.29) is 5.69 Å². The molecule has 0 spiro atoms. The van der Waals surface area contributed by atoms with Crippen molar-refractivity contribution in [3.8, 4) is 11.3 Å². The lowest BCUT2D eigenvalue weighted by Gasteiger charge is -2.22. The summed E-state index contributed by atoms with van der Waals surface area (Å²) in [5.74, 6) is 0.648. The molecule has 0 bridgehead atoms. The number of rotatable bonds is 4. The van der Waals surface area contributed by atoms with Crippen LogP contribution in [0.1, 0.15) is 49.1 Å². The van der Waals surface area contributed by atoms with E-state index in [9.17, 15) is 13.2 Å². The van der Waals surface area contributed by atoms with E-state index < -0.39 is 11.7 Å². The molecule has 0 unspecified atom stereocenters. The van der Waals surface area contributed by atoms with Crippen molar-refractivity contribution in [1.29, 1.82) is 0 Å². The second-order valence-corrected chi connectivity index (χ2v) is 8.02. The second kappa shape index (κ2) is 7.95. The predicted molar refractivity (Wildman–Crippen MR) is 108 cm³/mol. The standard InChI is InChI=1S/C22H21F3N2S/c23-22(24,25)18-8-4-5-9-19(18)26-21-27-20(14-28-21)17-12-10-16(11-13-17)15-6-2-1-3-7-15/h4-5,8-15H,1-3,6-7H2,(H,26,27). The fourth-order valence-corrected chi connectivity index (χ4v) is 4.51. The Morgan fingerprint density at radius 3 is 2.36 bits per heavy atom. The summed E-state index contributed by atoms with van der Waals surface area (Å²) in [6.45, 7) is 0. The van der Waals surface area contributed by atoms with Gasteiger partial charge in [0.2, 0.25) is 0 Å². The maximum absolute atomic E-state index is 13.2. The summed E-state index contributed by atoms with van der Waals surface area (Å²) in [5, 5.41) is 5.14. The minimum Gasteiger partial charge on any atom is -0.331 e. The molecule has 2 nitrogen and oxygen atoms in total. The number of nitrogens with one attached hydrogen (secondary N) is 1. The van der Waals surface area contributed by atoms with Crippen LogP contribution in [0.25, 0.3) is 11.3 Å². The van der Waals surface area contributed by atoms with Crippen LogP contribution < -0.4 is 5.32 Å². The van der Waals surface area contributed by atoms with Gasteiger partial charge in [-0.2, -0.15) is 13.2 Å². The lowest BCUT2D eigenvalue weighted by molar-refractivity contribution is -0.136. The Balaban J connectivity index is 1.51. The quantitative estimate of drug-likeness (QED) is 0.485. The van der Waals surface area contributed by atoms with Crippen LogP contribution in [0.5, 0.6) is 0 Å². The van der Waals surface area contributed by atoms with Crippen LogP contribution in [-0.2, 0) is 6.18 Å². The molecular weight excluding hydrogens is 381 g/mol. The SMILES string of the molecule is FC(F)(F)c1ccccc1Nc1nc(-c2ccc(C3CCCCC3)cc2)cs1. The summed E-state index contributed by atoms with van der Waals surface area (Å²) in [4.78, 5) is 4.48. The van der Waals surface area contributed by atoms with Crippen LogP contribution in [0.15, 0.2) is 53.9 Å². The largest absolute Gasteiger partial charge is 0.418 e. The van der Waals surface area contributed by atoms with Crippen molar-refractivity contribution in [2.45, 2.75) is 44.2 Å². The smallest absolute Gasteiger partial charge is 0.331 e. The average Bonchev–Trinajstić information content (AvgIpc) is 3.17. The summed E-state index contributed by atoms with van der Waals surface area (Å²) in [7, 11) is 0. The Morgan fingerprint density at radius 2 is 1.64 bits per heavy atom. The molecule has 0 aliphatic heterocycles. The molecule has 1 aliphatic carbocycles. The van der Waals surface area contributed by atoms with E-state index >= 15 is 0 Å². The number of benzene rings is 2. The fourth-order valence-electron chi connectivity index (χ4n) is 3.78. The summed E-state index contributed by atoms with van der Waals surface area (Å²) >= 11 is 1.30. The van der Waals surface area contributed by atoms with Crippen LogP contribution in [0.4, 0.5) is 24.0 Å². The van der Waals surface area contributed by atoms with Gasteiger partial charge in [-0.15, -0.1) is 11.3 Å². The number of hydrogen-bond acceptors (Lipinski definition) is 3. The van der Waals surface area contributed by atoms with Gasteiger partial charge in [-0.05, 0) is 36.5 Å². The van der Waals surface area contributed by atoms with E-state index in [4.69, 9.17) is 0 Å². The number of thiazole rings is 1. The third kappa shape index (κ3) is 4.22. The first-order chi connectivity index (χ1) is 13.5. The molecular formula is C22H21F3N2S. The molecule has 4 rings (SSSR count). The van der Waals surface area contributed by atoms with Gasteiger partial charge in [0.05, 0.1) is 16.9 Å². The Labute approximate surface area is 166 Å². The highest BCUT2D eigenvalue weighted by Gasteiger charge is 2.33. The van der Waals surface area contributed by atoms with Gasteiger partial charge in [-0.25, -0.2) is 4.98 Å². The minimum absolute atomic E-state index is 0.0172. The highest BCUT2D eigenvalue weighted by Crippen LogP contribution is 2.37. The number of alkyl halides is 3. The molecule has 1 aliphatic rings. The monoisotopic (exact) mass is 402 g/mol. The number of para-hydroxylation sites is 1. The number of halogens is 3. The summed E-state index contributed by atoms with van der Waals surface area (Å²) in [6, 6.07) is 13.9. The van der Waals surface area contributed by atoms with Crippen molar-refractivity contribution in [2.24, 2.45) is 0 Å². The number of anilines is 2. The van der Waals surface area contributed by atoms with Gasteiger partial charge < -0.3 is 5.32 Å². The van der Waals surface area contributed by atoms with Crippen molar-refractivity contribution in [3.05, 3.63) is 65.0 Å². The highest BCUT2D eigenvalue weighted by atomic mass is 32.1. The van der Waals surface area contributed by atoms with Crippen LogP contribution >= 0.6 is 11.3 Å². The number of nitrogens with zero attached hydrogens (tertiary/aromatic N) is 1. The van der Waals surface area contributed by atoms with Gasteiger partial charge in [0.15, 0.2) is 5.13 Å². The zero-order valence-electron chi connectivity index (χ0n) is 15.3. The van der Waals surface area contributed by atoms with Crippen molar-refractivity contribution < 1.29 is 13.2 Å². The average molecular weight is 402 g/mol. The Morgan fingerprint density at radius 1 is 0.929 bits per heavy atom. The van der Waals surface area contributed by atoms with Crippen molar-refractivity contribution in [3.63, 3.8) is 0 Å². The number of aromatic nitrogens is 1. The first-order valence-corrected chi connectivity index (χ1v) is 10.4. The maximum Gasteiger partial charge on any atom is 0.418 e. The summed E-state index contributed by atoms with van der Waals surface area (Å²) < 4.78 is 39.5. The minimum atomic E-state index is -4.40. The molecule has 146 valence electrons. The van der Waals surface area contributed by atoms with Gasteiger partial charge in [0, 0.05) is 10.9 Å². The number of hydrogen-bond donors (Lipinski definition) is 1. The molecule has 0 radical (unpaired) electrons. The van der Waals surface area contributed by atoms with Gasteiger partial charge in [-0.1, -0.05) is 55.7 Å². The van der Waals surface area contributed by atoms with Crippen molar-refractivity contribution >= 4 is 22.2 Å². The second-order valence-electron chi connectivity index (χ2n) is 7.16. The first-order valence-electron chi connectivity index (χ1n) is 9.50. The summed E-state index contributed by atoms with van der Waals surface area (Å²) in [6.07, 6.45) is 2.03. The van der Waals surface area contributed by atoms with Crippen LogP contribution in [0.2, 0.25) is 0 Å². The third-order valence-electron chi connectivity index (χ3n) is 5.26. The topological polar surface area (TPSA) is 24.9 Å². The first kappa shape index (κ1) is 19.0. The molecule has 2 aromatic carbocycles. The zero-order valence-corrected chi connectivity index (χ0v) is 16.1. The molecule has 1 saturated carbocycles. The maximum atomic E-state index is 13.2. The van der Waals surface area contributed by atoms with E-state index in [1.165, 1.54) is 61.1 Å². The zero-order chi connectivity index (χ0) is 19.6. The van der Waals surface area contributed by atoms with E-state index in [0.717, 1.165) is 17.3 Å². The van der Waals surface area contributed by atoms with Gasteiger partial charge in [0.1, 0.15) is 0 Å². The Hall–Kier alpha value is -2.34. The molecule has 0 saturated heterocycles. The van der Waals surface area contributed by atoms with Crippen LogP contribution in [-0.4, -0.2) is 4.98 Å². The predicted octanol–water partition coefficient (Wildman–Crippen LogP) is 7.62. The molecule has 3 aromatic rings. The lowest BCUT2D eigenvalue weighted by Crippen LogP contribution is -2.08. The van der Waals surface area contributed by atoms with E-state index in [1.54, 1.807) is 6.07 Å². The fraction of sp³-hybridized carbons (Fsp3) is 0.318. The molecule has 1 fully saturated rings. The molecule has 0 atom stereocenters. The van der Waals surface area contributed by atoms with Crippen molar-refractivity contribution in [1.82, 2.24) is 4.98 Å². The lowest BCUT2D eigenvalue weighted by atomic mass is 9.84. The van der Waals surface area contributed by atoms with E-state index in [0.29, 0.717) is 11.0 Å². The van der Waals surface area contributed by atoms with Crippen molar-refractivity contribution in [2.75, 3.05) is 5.32 Å². The van der Waals surface area contributed by atoms with Gasteiger partial charge in [0.25, 0.3) is 0 Å². The highest BCUT2D eigenvalue weighted by molar-refractivity contribution is 7.14. The van der Waals surface area contributed by atoms with Crippen LogP contribution in [0.3, 0.4) is 0 Å². The third-order valence-corrected chi connectivity index (χ3v) is 6.02. The molecule has 1 heterocycles. The molecule has 1 aromatic heterocycles. The Kier molecular flexibility index (Phi) is 5.40. The Bertz CT molecular complexity index is 925. The molecule has 28 heavy (non-hydrogen) atoms. The van der Waals surface area contributed by atoms with E-state index in [2.05, 4.69) is 34.6 Å². The van der Waals surface area contributed by atoms with E-state index in [1.807, 2.05) is 5.38 Å². The van der Waals surface area contributed by atoms with Gasteiger partial charge in [-0.3, -0.25) is 0 Å². The molecule has 6 heteroatoms. The van der Waals surface area contributed by atoms with Gasteiger partial charge >= 0.3 is 6.18 Å². The molecule has 1 N–H and O–H groups in total. The van der Waals surface area contributed by atoms with Crippen LogP contribution in [0, 0.1) is 0 Å². The molecule has 0 amide bonds. The normalized spacial score (nSPS) is 15.5. The summed E-state index contributed by atoms with van der Waals surface area (Å²) in [5.41, 5.74) is 2.45.